The number of carbonyl (C=O) groups excluding carboxylic acids is 3. The quantitative estimate of drug-likeness (QED) is 0.845. The van der Waals surface area contributed by atoms with Gasteiger partial charge in [0.05, 0.1) is 6.54 Å². The summed E-state index contributed by atoms with van der Waals surface area (Å²) in [6, 6.07) is 14.6. The number of ether oxygens (including phenoxy) is 1. The minimum atomic E-state index is -0.358. The summed E-state index contributed by atoms with van der Waals surface area (Å²) < 4.78 is 4.95. The molecule has 0 spiro atoms. The lowest BCUT2D eigenvalue weighted by Gasteiger charge is -2.32. The first-order chi connectivity index (χ1) is 14.5. The van der Waals surface area contributed by atoms with Crippen molar-refractivity contribution < 1.29 is 19.1 Å². The number of nitrogens with one attached hydrogen (secondary N) is 1. The Morgan fingerprint density at radius 3 is 2.33 bits per heavy atom. The molecule has 4 rings (SSSR count). The molecule has 1 N–H and O–H groups in total. The molecule has 0 saturated carbocycles. The standard InChI is InChI=1S/C23H25N3O4/c1-16-4-2-3-5-20(16)21(27)24-18-10-12-25(13-11-18)22(28)17-6-8-19(9-7-17)26-14-15-30-23(26)29/h2-9,18H,10-15H2,1H3,(H,24,27). The minimum Gasteiger partial charge on any atom is -0.447 e. The van der Waals surface area contributed by atoms with Crippen LogP contribution in [0.4, 0.5) is 10.5 Å². The van der Waals surface area contributed by atoms with E-state index in [1.54, 1.807) is 29.2 Å². The Labute approximate surface area is 175 Å². The number of hydrogen-bond acceptors (Lipinski definition) is 4. The smallest absolute Gasteiger partial charge is 0.414 e. The number of anilines is 1. The molecular weight excluding hydrogens is 382 g/mol. The van der Waals surface area contributed by atoms with Crippen LogP contribution in [0.2, 0.25) is 0 Å². The average Bonchev–Trinajstić information content (AvgIpc) is 3.20. The Morgan fingerprint density at radius 1 is 1.00 bits per heavy atom. The molecular formula is C23H25N3O4. The van der Waals surface area contributed by atoms with Crippen molar-refractivity contribution in [3.63, 3.8) is 0 Å². The third kappa shape index (κ3) is 4.15. The van der Waals surface area contributed by atoms with Crippen LogP contribution in [0.3, 0.4) is 0 Å². The van der Waals surface area contributed by atoms with Gasteiger partial charge in [-0.1, -0.05) is 18.2 Å². The van der Waals surface area contributed by atoms with Gasteiger partial charge in [-0.25, -0.2) is 4.79 Å². The third-order valence-electron chi connectivity index (χ3n) is 5.69. The molecule has 3 amide bonds. The van der Waals surface area contributed by atoms with E-state index in [-0.39, 0.29) is 23.9 Å². The Balaban J connectivity index is 1.31. The SMILES string of the molecule is Cc1ccccc1C(=O)NC1CCN(C(=O)c2ccc(N3CCOC3=O)cc2)CC1. The number of hydrogen-bond donors (Lipinski definition) is 1. The van der Waals surface area contributed by atoms with Gasteiger partial charge in [-0.2, -0.15) is 0 Å². The monoisotopic (exact) mass is 407 g/mol. The van der Waals surface area contributed by atoms with Crippen molar-refractivity contribution in [2.45, 2.75) is 25.8 Å². The van der Waals surface area contributed by atoms with E-state index in [0.29, 0.717) is 37.4 Å². The van der Waals surface area contributed by atoms with Crippen molar-refractivity contribution in [2.24, 2.45) is 0 Å². The highest BCUT2D eigenvalue weighted by Crippen LogP contribution is 2.21. The predicted molar refractivity (Wildman–Crippen MR) is 113 cm³/mol. The van der Waals surface area contributed by atoms with Crippen LogP contribution in [0.25, 0.3) is 0 Å². The minimum absolute atomic E-state index is 0.0331. The largest absolute Gasteiger partial charge is 0.447 e. The molecule has 0 aromatic heterocycles. The summed E-state index contributed by atoms with van der Waals surface area (Å²) in [7, 11) is 0. The van der Waals surface area contributed by atoms with Gasteiger partial charge in [-0.3, -0.25) is 14.5 Å². The van der Waals surface area contributed by atoms with Crippen molar-refractivity contribution in [1.29, 1.82) is 0 Å². The number of rotatable bonds is 4. The molecule has 2 aliphatic rings. The van der Waals surface area contributed by atoms with Gasteiger partial charge >= 0.3 is 6.09 Å². The predicted octanol–water partition coefficient (Wildman–Crippen LogP) is 2.99. The molecule has 0 radical (unpaired) electrons. The molecule has 156 valence electrons. The van der Waals surface area contributed by atoms with Gasteiger partial charge in [0.1, 0.15) is 6.61 Å². The summed E-state index contributed by atoms with van der Waals surface area (Å²) in [5.74, 6) is -0.0943. The molecule has 2 saturated heterocycles. The van der Waals surface area contributed by atoms with E-state index in [0.717, 1.165) is 24.1 Å². The number of likely N-dealkylation sites (tertiary alicyclic amines) is 1. The van der Waals surface area contributed by atoms with Crippen LogP contribution < -0.4 is 10.2 Å². The normalized spacial score (nSPS) is 17.0. The molecule has 2 heterocycles. The highest BCUT2D eigenvalue weighted by atomic mass is 16.6. The van der Waals surface area contributed by atoms with Crippen molar-refractivity contribution in [3.8, 4) is 0 Å². The Bertz CT molecular complexity index is 949. The van der Waals surface area contributed by atoms with E-state index in [2.05, 4.69) is 5.32 Å². The number of carbonyl (C=O) groups is 3. The second-order valence-electron chi connectivity index (χ2n) is 7.67. The zero-order valence-electron chi connectivity index (χ0n) is 17.0. The van der Waals surface area contributed by atoms with Crippen LogP contribution in [-0.2, 0) is 4.74 Å². The lowest BCUT2D eigenvalue weighted by atomic mass is 10.0. The summed E-state index contributed by atoms with van der Waals surface area (Å²) in [4.78, 5) is 40.4. The number of aryl methyl sites for hydroxylation is 1. The van der Waals surface area contributed by atoms with E-state index in [1.165, 1.54) is 0 Å². The van der Waals surface area contributed by atoms with Gasteiger partial charge in [0.2, 0.25) is 0 Å². The van der Waals surface area contributed by atoms with E-state index < -0.39 is 0 Å². The highest BCUT2D eigenvalue weighted by Gasteiger charge is 2.26. The summed E-state index contributed by atoms with van der Waals surface area (Å²) in [6.45, 7) is 4.02. The number of nitrogens with zero attached hydrogens (tertiary/aromatic N) is 2. The highest BCUT2D eigenvalue weighted by molar-refractivity contribution is 5.96. The zero-order valence-corrected chi connectivity index (χ0v) is 17.0. The molecule has 0 unspecified atom stereocenters. The van der Waals surface area contributed by atoms with Gasteiger partial charge < -0.3 is 15.0 Å². The van der Waals surface area contributed by atoms with Crippen LogP contribution in [0.15, 0.2) is 48.5 Å². The fourth-order valence-electron chi connectivity index (χ4n) is 3.91. The molecule has 0 atom stereocenters. The van der Waals surface area contributed by atoms with E-state index in [1.807, 2.05) is 36.1 Å². The number of amides is 3. The Kier molecular flexibility index (Phi) is 5.70. The van der Waals surface area contributed by atoms with Gasteiger partial charge in [0, 0.05) is 35.9 Å². The summed E-state index contributed by atoms with van der Waals surface area (Å²) >= 11 is 0. The van der Waals surface area contributed by atoms with Crippen molar-refractivity contribution in [1.82, 2.24) is 10.2 Å². The first-order valence-electron chi connectivity index (χ1n) is 10.2. The Morgan fingerprint density at radius 2 is 1.70 bits per heavy atom. The molecule has 2 aromatic carbocycles. The maximum Gasteiger partial charge on any atom is 0.414 e. The molecule has 7 heteroatoms. The molecule has 0 aliphatic carbocycles. The van der Waals surface area contributed by atoms with Crippen molar-refractivity contribution in [2.75, 3.05) is 31.1 Å². The Hall–Kier alpha value is -3.35. The van der Waals surface area contributed by atoms with Gasteiger partial charge in [0.25, 0.3) is 11.8 Å². The van der Waals surface area contributed by atoms with Crippen LogP contribution in [0.1, 0.15) is 39.1 Å². The summed E-state index contributed by atoms with van der Waals surface area (Å²) in [5.41, 5.74) is 2.96. The lowest BCUT2D eigenvalue weighted by Crippen LogP contribution is -2.46. The van der Waals surface area contributed by atoms with E-state index in [9.17, 15) is 14.4 Å². The first kappa shape index (κ1) is 19.9. The fraction of sp³-hybridized carbons (Fsp3) is 0.348. The molecule has 0 bridgehead atoms. The van der Waals surface area contributed by atoms with E-state index in [4.69, 9.17) is 4.74 Å². The third-order valence-corrected chi connectivity index (χ3v) is 5.69. The zero-order chi connectivity index (χ0) is 21.1. The average molecular weight is 407 g/mol. The molecule has 2 aliphatic heterocycles. The molecule has 2 fully saturated rings. The second kappa shape index (κ2) is 8.57. The van der Waals surface area contributed by atoms with Crippen molar-refractivity contribution >= 4 is 23.6 Å². The van der Waals surface area contributed by atoms with E-state index >= 15 is 0 Å². The number of cyclic esters (lactones) is 1. The molecule has 2 aromatic rings. The van der Waals surface area contributed by atoms with Crippen LogP contribution >= 0.6 is 0 Å². The number of piperidine rings is 1. The topological polar surface area (TPSA) is 79.0 Å². The first-order valence-corrected chi connectivity index (χ1v) is 10.2. The van der Waals surface area contributed by atoms with Gasteiger partial charge in [-0.05, 0) is 55.7 Å². The van der Waals surface area contributed by atoms with Crippen LogP contribution in [-0.4, -0.2) is 55.1 Å². The van der Waals surface area contributed by atoms with Gasteiger partial charge in [-0.15, -0.1) is 0 Å². The summed E-state index contributed by atoms with van der Waals surface area (Å²) in [5, 5.41) is 3.09. The van der Waals surface area contributed by atoms with Crippen molar-refractivity contribution in [3.05, 3.63) is 65.2 Å². The maximum atomic E-state index is 12.8. The van der Waals surface area contributed by atoms with Crippen LogP contribution in [0, 0.1) is 6.92 Å². The summed E-state index contributed by atoms with van der Waals surface area (Å²) in [6.07, 6.45) is 1.09. The second-order valence-corrected chi connectivity index (χ2v) is 7.67. The molecule has 30 heavy (non-hydrogen) atoms. The number of benzene rings is 2. The fourth-order valence-corrected chi connectivity index (χ4v) is 3.91. The van der Waals surface area contributed by atoms with Crippen LogP contribution in [0.5, 0.6) is 0 Å². The lowest BCUT2D eigenvalue weighted by molar-refractivity contribution is 0.0698. The molecule has 7 nitrogen and oxygen atoms in total. The van der Waals surface area contributed by atoms with Gasteiger partial charge in [0.15, 0.2) is 0 Å². The maximum absolute atomic E-state index is 12.8.